The molecular weight excluding hydrogens is 216 g/mol. The van der Waals surface area contributed by atoms with Gasteiger partial charge in [0.25, 0.3) is 5.56 Å². The van der Waals surface area contributed by atoms with Gasteiger partial charge in [-0.2, -0.15) is 0 Å². The molecular formula is C13H16N2O2. The summed E-state index contributed by atoms with van der Waals surface area (Å²) in [6, 6.07) is 9.47. The standard InChI is InChI=1S/C13H16N2O2/c1-15-12-6-4-3-5-10(12)11(9-13(15)16)14-7-8-17-2/h3-6,9,14H,7-8H2,1-2H3. The van der Waals surface area contributed by atoms with Gasteiger partial charge in [-0.25, -0.2) is 0 Å². The Kier molecular flexibility index (Phi) is 3.44. The first-order valence-corrected chi connectivity index (χ1v) is 5.55. The van der Waals surface area contributed by atoms with E-state index in [0.29, 0.717) is 13.2 Å². The van der Waals surface area contributed by atoms with Crippen LogP contribution in [0.5, 0.6) is 0 Å². The van der Waals surface area contributed by atoms with Crippen LogP contribution in [0.2, 0.25) is 0 Å². The quantitative estimate of drug-likeness (QED) is 0.814. The van der Waals surface area contributed by atoms with Gasteiger partial charge in [-0.05, 0) is 6.07 Å². The van der Waals surface area contributed by atoms with Crippen molar-refractivity contribution < 1.29 is 4.74 Å². The number of anilines is 1. The molecule has 2 aromatic rings. The van der Waals surface area contributed by atoms with E-state index in [-0.39, 0.29) is 5.56 Å². The number of aryl methyl sites for hydroxylation is 1. The Morgan fingerprint density at radius 1 is 1.35 bits per heavy atom. The SMILES string of the molecule is COCCNc1cc(=O)n(C)c2ccccc12. The first-order valence-electron chi connectivity index (χ1n) is 5.55. The predicted octanol–water partition coefficient (Wildman–Crippen LogP) is 1.60. The number of benzene rings is 1. The third-order valence-electron chi connectivity index (χ3n) is 2.78. The van der Waals surface area contributed by atoms with Crippen molar-refractivity contribution in [3.05, 3.63) is 40.7 Å². The normalized spacial score (nSPS) is 10.7. The van der Waals surface area contributed by atoms with E-state index in [2.05, 4.69) is 5.32 Å². The lowest BCUT2D eigenvalue weighted by atomic mass is 10.2. The van der Waals surface area contributed by atoms with Crippen LogP contribution in [0.4, 0.5) is 5.69 Å². The minimum absolute atomic E-state index is 0.0105. The average molecular weight is 232 g/mol. The number of nitrogens with zero attached hydrogens (tertiary/aromatic N) is 1. The number of hydrogen-bond donors (Lipinski definition) is 1. The topological polar surface area (TPSA) is 43.3 Å². The van der Waals surface area contributed by atoms with Crippen LogP contribution in [0.15, 0.2) is 35.1 Å². The Labute approximate surface area is 99.8 Å². The summed E-state index contributed by atoms with van der Waals surface area (Å²) in [6.07, 6.45) is 0. The lowest BCUT2D eigenvalue weighted by Crippen LogP contribution is -2.18. The molecule has 0 radical (unpaired) electrons. The fraction of sp³-hybridized carbons (Fsp3) is 0.308. The summed E-state index contributed by atoms with van der Waals surface area (Å²) < 4.78 is 6.63. The monoisotopic (exact) mass is 232 g/mol. The lowest BCUT2D eigenvalue weighted by Gasteiger charge is -2.11. The summed E-state index contributed by atoms with van der Waals surface area (Å²) in [4.78, 5) is 11.8. The van der Waals surface area contributed by atoms with Gasteiger partial charge in [-0.1, -0.05) is 18.2 Å². The van der Waals surface area contributed by atoms with Crippen LogP contribution in [0.1, 0.15) is 0 Å². The Hall–Kier alpha value is -1.81. The Morgan fingerprint density at radius 3 is 2.88 bits per heavy atom. The maximum absolute atomic E-state index is 11.8. The average Bonchev–Trinajstić information content (AvgIpc) is 2.36. The molecule has 0 fully saturated rings. The summed E-state index contributed by atoms with van der Waals surface area (Å²) in [7, 11) is 3.44. The zero-order chi connectivity index (χ0) is 12.3. The van der Waals surface area contributed by atoms with Crippen LogP contribution in [0.25, 0.3) is 10.9 Å². The molecule has 4 heteroatoms. The first kappa shape index (κ1) is 11.7. The second-order valence-corrected chi connectivity index (χ2v) is 3.89. The number of hydrogen-bond acceptors (Lipinski definition) is 3. The second kappa shape index (κ2) is 5.01. The van der Waals surface area contributed by atoms with Gasteiger partial charge in [-0.3, -0.25) is 4.79 Å². The van der Waals surface area contributed by atoms with Gasteiger partial charge in [-0.15, -0.1) is 0 Å². The van der Waals surface area contributed by atoms with Gasteiger partial charge in [0, 0.05) is 37.8 Å². The van der Waals surface area contributed by atoms with E-state index < -0.39 is 0 Å². The molecule has 90 valence electrons. The summed E-state index contributed by atoms with van der Waals surface area (Å²) in [5.74, 6) is 0. The highest BCUT2D eigenvalue weighted by Crippen LogP contribution is 2.20. The van der Waals surface area contributed by atoms with Crippen LogP contribution >= 0.6 is 0 Å². The molecule has 0 amide bonds. The summed E-state index contributed by atoms with van der Waals surface area (Å²) in [5.41, 5.74) is 1.78. The van der Waals surface area contributed by atoms with Crippen molar-refractivity contribution in [2.75, 3.05) is 25.6 Å². The molecule has 0 spiro atoms. The van der Waals surface area contributed by atoms with Crippen molar-refractivity contribution >= 4 is 16.6 Å². The second-order valence-electron chi connectivity index (χ2n) is 3.89. The van der Waals surface area contributed by atoms with Gasteiger partial charge < -0.3 is 14.6 Å². The number of para-hydroxylation sites is 1. The van der Waals surface area contributed by atoms with Crippen molar-refractivity contribution in [2.24, 2.45) is 7.05 Å². The third kappa shape index (κ3) is 2.31. The van der Waals surface area contributed by atoms with Gasteiger partial charge >= 0.3 is 0 Å². The van der Waals surface area contributed by atoms with Crippen molar-refractivity contribution in [3.8, 4) is 0 Å². The molecule has 0 unspecified atom stereocenters. The zero-order valence-electron chi connectivity index (χ0n) is 10.1. The van der Waals surface area contributed by atoms with Gasteiger partial charge in [0.1, 0.15) is 0 Å². The zero-order valence-corrected chi connectivity index (χ0v) is 10.1. The number of fused-ring (bicyclic) bond motifs is 1. The molecule has 1 N–H and O–H groups in total. The molecule has 0 atom stereocenters. The predicted molar refractivity (Wildman–Crippen MR) is 69.6 cm³/mol. The number of aromatic nitrogens is 1. The molecule has 1 aromatic heterocycles. The van der Waals surface area contributed by atoms with Crippen molar-refractivity contribution in [1.82, 2.24) is 4.57 Å². The van der Waals surface area contributed by atoms with Crippen LogP contribution < -0.4 is 10.9 Å². The molecule has 4 nitrogen and oxygen atoms in total. The Bertz CT molecular complexity index is 575. The van der Waals surface area contributed by atoms with Crippen molar-refractivity contribution in [1.29, 1.82) is 0 Å². The number of methoxy groups -OCH3 is 1. The number of nitrogens with one attached hydrogen (secondary N) is 1. The van der Waals surface area contributed by atoms with Gasteiger partial charge in [0.05, 0.1) is 12.1 Å². The minimum Gasteiger partial charge on any atom is -0.383 e. The van der Waals surface area contributed by atoms with Crippen LogP contribution in [0, 0.1) is 0 Å². The van der Waals surface area contributed by atoms with E-state index >= 15 is 0 Å². The summed E-state index contributed by atoms with van der Waals surface area (Å²) in [5, 5.41) is 4.27. The molecule has 1 heterocycles. The van der Waals surface area contributed by atoms with Gasteiger partial charge in [0.2, 0.25) is 0 Å². The maximum atomic E-state index is 11.8. The molecule has 2 rings (SSSR count). The smallest absolute Gasteiger partial charge is 0.252 e. The van der Waals surface area contributed by atoms with Gasteiger partial charge in [0.15, 0.2) is 0 Å². The third-order valence-corrected chi connectivity index (χ3v) is 2.78. The summed E-state index contributed by atoms with van der Waals surface area (Å²) in [6.45, 7) is 1.30. The minimum atomic E-state index is -0.0105. The van der Waals surface area contributed by atoms with Crippen molar-refractivity contribution in [3.63, 3.8) is 0 Å². The molecule has 0 bridgehead atoms. The highest BCUT2D eigenvalue weighted by molar-refractivity contribution is 5.91. The number of rotatable bonds is 4. The van der Waals surface area contributed by atoms with E-state index in [1.807, 2.05) is 24.3 Å². The molecule has 0 aliphatic rings. The lowest BCUT2D eigenvalue weighted by molar-refractivity contribution is 0.211. The molecule has 0 aliphatic carbocycles. The highest BCUT2D eigenvalue weighted by atomic mass is 16.5. The largest absolute Gasteiger partial charge is 0.383 e. The molecule has 0 saturated carbocycles. The Morgan fingerprint density at radius 2 is 2.12 bits per heavy atom. The van der Waals surface area contributed by atoms with Crippen LogP contribution in [-0.4, -0.2) is 24.8 Å². The van der Waals surface area contributed by atoms with E-state index in [4.69, 9.17) is 4.74 Å². The van der Waals surface area contributed by atoms with E-state index in [9.17, 15) is 4.79 Å². The Balaban J connectivity index is 2.48. The molecule has 0 aliphatic heterocycles. The van der Waals surface area contributed by atoms with E-state index in [0.717, 1.165) is 16.6 Å². The molecule has 17 heavy (non-hydrogen) atoms. The number of ether oxygens (including phenoxy) is 1. The maximum Gasteiger partial charge on any atom is 0.252 e. The highest BCUT2D eigenvalue weighted by Gasteiger charge is 2.04. The van der Waals surface area contributed by atoms with Crippen molar-refractivity contribution in [2.45, 2.75) is 0 Å². The first-order chi connectivity index (χ1) is 8.24. The van der Waals surface area contributed by atoms with Crippen LogP contribution in [0.3, 0.4) is 0 Å². The molecule has 1 aromatic carbocycles. The van der Waals surface area contributed by atoms with E-state index in [1.54, 1.807) is 24.8 Å². The van der Waals surface area contributed by atoms with E-state index in [1.165, 1.54) is 0 Å². The summed E-state index contributed by atoms with van der Waals surface area (Å²) >= 11 is 0. The fourth-order valence-corrected chi connectivity index (χ4v) is 1.84. The fourth-order valence-electron chi connectivity index (χ4n) is 1.84. The number of pyridine rings is 1. The van der Waals surface area contributed by atoms with Crippen LogP contribution in [-0.2, 0) is 11.8 Å². The molecule has 0 saturated heterocycles.